The molecule has 0 bridgehead atoms. The largest absolute Gasteiger partial charge is 0.481 e. The van der Waals surface area contributed by atoms with Crippen molar-refractivity contribution in [3.63, 3.8) is 0 Å². The molecular weight excluding hydrogens is 478 g/mol. The predicted molar refractivity (Wildman–Crippen MR) is 137 cm³/mol. The lowest BCUT2D eigenvalue weighted by molar-refractivity contribution is 0.0989. The van der Waals surface area contributed by atoms with Crippen LogP contribution in [0.3, 0.4) is 0 Å². The Morgan fingerprint density at radius 3 is 2.53 bits per heavy atom. The summed E-state index contributed by atoms with van der Waals surface area (Å²) in [5, 5.41) is 12.4. The van der Waals surface area contributed by atoms with E-state index in [-0.39, 0.29) is 16.5 Å². The van der Waals surface area contributed by atoms with Crippen LogP contribution in [0.5, 0.6) is 5.88 Å². The van der Waals surface area contributed by atoms with Crippen LogP contribution in [-0.2, 0) is 0 Å². The van der Waals surface area contributed by atoms with Gasteiger partial charge in [-0.25, -0.2) is 4.98 Å². The number of anilines is 2. The molecule has 0 unspecified atom stereocenters. The number of nitrogens with one attached hydrogen (secondary N) is 1. The average Bonchev–Trinajstić information content (AvgIpc) is 2.92. The molecule has 0 spiro atoms. The zero-order chi connectivity index (χ0) is 25.7. The van der Waals surface area contributed by atoms with Crippen molar-refractivity contribution >= 4 is 34.8 Å². The van der Waals surface area contributed by atoms with Gasteiger partial charge in [0.15, 0.2) is 0 Å². The van der Waals surface area contributed by atoms with Gasteiger partial charge in [0.2, 0.25) is 5.88 Å². The molecule has 0 aliphatic carbocycles. The van der Waals surface area contributed by atoms with E-state index in [1.807, 2.05) is 6.07 Å². The van der Waals surface area contributed by atoms with Gasteiger partial charge in [-0.15, -0.1) is 0 Å². The Kier molecular flexibility index (Phi) is 7.23. The van der Waals surface area contributed by atoms with E-state index in [1.54, 1.807) is 55.7 Å². The van der Waals surface area contributed by atoms with Crippen molar-refractivity contribution < 1.29 is 14.3 Å². The Bertz CT molecular complexity index is 1470. The maximum Gasteiger partial charge on any atom is 0.258 e. The van der Waals surface area contributed by atoms with E-state index in [4.69, 9.17) is 16.3 Å². The molecule has 4 rings (SSSR count). The number of methoxy groups -OCH3 is 1. The fraction of sp³-hybridized carbons (Fsp3) is 0.0741. The fourth-order valence-electron chi connectivity index (χ4n) is 3.49. The topological polar surface area (TPSA) is 108 Å². The Labute approximate surface area is 212 Å². The van der Waals surface area contributed by atoms with Crippen LogP contribution in [0, 0.1) is 11.3 Å². The maximum absolute atomic E-state index is 12.9. The van der Waals surface area contributed by atoms with E-state index < -0.39 is 5.91 Å². The molecule has 0 aliphatic rings. The number of rotatable bonds is 6. The average molecular weight is 498 g/mol. The fourth-order valence-corrected chi connectivity index (χ4v) is 3.75. The van der Waals surface area contributed by atoms with E-state index in [0.29, 0.717) is 39.6 Å². The van der Waals surface area contributed by atoms with E-state index >= 15 is 0 Å². The molecule has 4 aromatic rings. The third-order valence-electron chi connectivity index (χ3n) is 5.42. The molecule has 0 aliphatic heterocycles. The standard InChI is InChI=1S/C27H20ClN5O3/c1-33(20-9-11-25(36-2)31-16-20)27(35)17-7-10-21(23(28)13-17)26(34)32-19-8-6-18(15-29)22(14-19)24-5-3-4-12-30-24/h3-14,16H,1-2H3,(H,32,34). The molecule has 0 saturated heterocycles. The third kappa shape index (κ3) is 5.17. The Morgan fingerprint density at radius 1 is 1.06 bits per heavy atom. The lowest BCUT2D eigenvalue weighted by Gasteiger charge is -2.18. The number of hydrogen-bond acceptors (Lipinski definition) is 6. The van der Waals surface area contributed by atoms with Crippen LogP contribution in [0.4, 0.5) is 11.4 Å². The van der Waals surface area contributed by atoms with Gasteiger partial charge >= 0.3 is 0 Å². The number of nitriles is 1. The van der Waals surface area contributed by atoms with Gasteiger partial charge in [0, 0.05) is 36.1 Å². The second kappa shape index (κ2) is 10.7. The second-order valence-corrected chi connectivity index (χ2v) is 8.07. The number of carbonyl (C=O) groups is 2. The molecular formula is C27H20ClN5O3. The Balaban J connectivity index is 1.53. The molecule has 9 heteroatoms. The molecule has 2 aromatic heterocycles. The van der Waals surface area contributed by atoms with Crippen molar-refractivity contribution in [2.45, 2.75) is 0 Å². The van der Waals surface area contributed by atoms with Crippen LogP contribution >= 0.6 is 11.6 Å². The van der Waals surface area contributed by atoms with Crippen molar-refractivity contribution in [1.29, 1.82) is 5.26 Å². The summed E-state index contributed by atoms with van der Waals surface area (Å²) in [6.07, 6.45) is 3.16. The minimum absolute atomic E-state index is 0.123. The SMILES string of the molecule is COc1ccc(N(C)C(=O)c2ccc(C(=O)Nc3ccc(C#N)c(-c4ccccn4)c3)c(Cl)c2)cn1. The summed E-state index contributed by atoms with van der Waals surface area (Å²) in [6.45, 7) is 0. The normalized spacial score (nSPS) is 10.3. The third-order valence-corrected chi connectivity index (χ3v) is 5.73. The maximum atomic E-state index is 12.9. The minimum Gasteiger partial charge on any atom is -0.481 e. The van der Waals surface area contributed by atoms with E-state index in [9.17, 15) is 14.9 Å². The highest BCUT2D eigenvalue weighted by atomic mass is 35.5. The second-order valence-electron chi connectivity index (χ2n) is 7.66. The summed E-state index contributed by atoms with van der Waals surface area (Å²) in [6, 6.07) is 20.3. The van der Waals surface area contributed by atoms with Crippen molar-refractivity contribution in [2.24, 2.45) is 0 Å². The predicted octanol–water partition coefficient (Wildman–Crippen LogP) is 5.21. The van der Waals surface area contributed by atoms with E-state index in [0.717, 1.165) is 0 Å². The molecule has 2 heterocycles. The molecule has 2 aromatic carbocycles. The van der Waals surface area contributed by atoms with Crippen LogP contribution in [0.25, 0.3) is 11.3 Å². The number of hydrogen-bond donors (Lipinski definition) is 1. The smallest absolute Gasteiger partial charge is 0.258 e. The van der Waals surface area contributed by atoms with Gasteiger partial charge in [-0.3, -0.25) is 14.6 Å². The quantitative estimate of drug-likeness (QED) is 0.392. The number of amides is 2. The van der Waals surface area contributed by atoms with Gasteiger partial charge in [-0.1, -0.05) is 17.7 Å². The highest BCUT2D eigenvalue weighted by Crippen LogP contribution is 2.27. The lowest BCUT2D eigenvalue weighted by atomic mass is 10.0. The van der Waals surface area contributed by atoms with Crippen LogP contribution in [0.2, 0.25) is 5.02 Å². The first kappa shape index (κ1) is 24.4. The molecule has 36 heavy (non-hydrogen) atoms. The number of nitrogens with zero attached hydrogens (tertiary/aromatic N) is 4. The molecule has 0 atom stereocenters. The molecule has 8 nitrogen and oxygen atoms in total. The highest BCUT2D eigenvalue weighted by molar-refractivity contribution is 6.35. The van der Waals surface area contributed by atoms with Gasteiger partial charge in [-0.05, 0) is 54.6 Å². The minimum atomic E-state index is -0.455. The zero-order valence-corrected chi connectivity index (χ0v) is 20.2. The molecule has 0 fully saturated rings. The van der Waals surface area contributed by atoms with Gasteiger partial charge in [0.05, 0.1) is 46.9 Å². The number of pyridine rings is 2. The van der Waals surface area contributed by atoms with Crippen molar-refractivity contribution in [2.75, 3.05) is 24.4 Å². The van der Waals surface area contributed by atoms with Crippen LogP contribution in [0.15, 0.2) is 79.1 Å². The number of halogens is 1. The molecule has 1 N–H and O–H groups in total. The number of benzene rings is 2. The number of carbonyl (C=O) groups excluding carboxylic acids is 2. The first-order valence-corrected chi connectivity index (χ1v) is 11.1. The van der Waals surface area contributed by atoms with Crippen molar-refractivity contribution in [3.05, 3.63) is 101 Å². The summed E-state index contributed by atoms with van der Waals surface area (Å²) in [7, 11) is 3.13. The van der Waals surface area contributed by atoms with Crippen molar-refractivity contribution in [3.8, 4) is 23.2 Å². The molecule has 2 amide bonds. The Hall–Kier alpha value is -4.74. The lowest BCUT2D eigenvalue weighted by Crippen LogP contribution is -2.26. The van der Waals surface area contributed by atoms with Crippen LogP contribution < -0.4 is 15.0 Å². The zero-order valence-electron chi connectivity index (χ0n) is 19.4. The summed E-state index contributed by atoms with van der Waals surface area (Å²) in [5.41, 5.74) is 3.20. The summed E-state index contributed by atoms with van der Waals surface area (Å²) in [5.74, 6) is -0.335. The van der Waals surface area contributed by atoms with Gasteiger partial charge in [0.1, 0.15) is 0 Å². The first-order chi connectivity index (χ1) is 17.4. The Morgan fingerprint density at radius 2 is 1.89 bits per heavy atom. The van der Waals surface area contributed by atoms with E-state index in [2.05, 4.69) is 21.4 Å². The number of aromatic nitrogens is 2. The summed E-state index contributed by atoms with van der Waals surface area (Å²) < 4.78 is 5.04. The van der Waals surface area contributed by atoms with Crippen LogP contribution in [-0.4, -0.2) is 35.9 Å². The van der Waals surface area contributed by atoms with Gasteiger partial charge in [0.25, 0.3) is 11.8 Å². The molecule has 178 valence electrons. The summed E-state index contributed by atoms with van der Waals surface area (Å²) >= 11 is 6.39. The number of ether oxygens (including phenoxy) is 1. The molecule has 0 radical (unpaired) electrons. The first-order valence-electron chi connectivity index (χ1n) is 10.8. The van der Waals surface area contributed by atoms with Gasteiger partial charge < -0.3 is 15.0 Å². The summed E-state index contributed by atoms with van der Waals surface area (Å²) in [4.78, 5) is 35.7. The van der Waals surface area contributed by atoms with Crippen molar-refractivity contribution in [1.82, 2.24) is 9.97 Å². The van der Waals surface area contributed by atoms with Crippen LogP contribution in [0.1, 0.15) is 26.3 Å². The van der Waals surface area contributed by atoms with Gasteiger partial charge in [-0.2, -0.15) is 5.26 Å². The van der Waals surface area contributed by atoms with E-state index in [1.165, 1.54) is 36.4 Å². The molecule has 0 saturated carbocycles. The highest BCUT2D eigenvalue weighted by Gasteiger charge is 2.18. The monoisotopic (exact) mass is 497 g/mol.